The first-order chi connectivity index (χ1) is 18.1. The molecular weight excluding hydrogens is 494 g/mol. The van der Waals surface area contributed by atoms with Crippen LogP contribution in [0, 0.1) is 11.6 Å². The summed E-state index contributed by atoms with van der Waals surface area (Å²) in [4.78, 5) is 22.2. The highest BCUT2D eigenvalue weighted by Crippen LogP contribution is 2.38. The number of carbonyl (C=O) groups is 1. The predicted molar refractivity (Wildman–Crippen MR) is 139 cm³/mol. The topological polar surface area (TPSA) is 107 Å². The largest absolute Gasteiger partial charge is 0.493 e. The number of hydrogen-bond donors (Lipinski definition) is 1. The Morgan fingerprint density at radius 2 is 2.00 bits per heavy atom. The van der Waals surface area contributed by atoms with Gasteiger partial charge in [0.1, 0.15) is 22.9 Å². The third kappa shape index (κ3) is 5.22. The maximum absolute atomic E-state index is 14.2. The van der Waals surface area contributed by atoms with Crippen LogP contribution >= 0.6 is 0 Å². The van der Waals surface area contributed by atoms with Crippen molar-refractivity contribution in [2.75, 3.05) is 19.7 Å². The molecule has 0 bridgehead atoms. The fraction of sp³-hybridized carbons (Fsp3) is 0.333. The lowest BCUT2D eigenvalue weighted by atomic mass is 9.90. The molecule has 0 spiro atoms. The molecule has 0 radical (unpaired) electrons. The molecule has 5 rings (SSSR count). The van der Waals surface area contributed by atoms with Gasteiger partial charge >= 0.3 is 6.09 Å². The van der Waals surface area contributed by atoms with Gasteiger partial charge in [-0.2, -0.15) is 5.10 Å². The van der Waals surface area contributed by atoms with Gasteiger partial charge in [-0.05, 0) is 50.6 Å². The second-order valence-electron chi connectivity index (χ2n) is 10.2. The normalized spacial score (nSPS) is 15.9. The Labute approximate surface area is 218 Å². The van der Waals surface area contributed by atoms with Crippen LogP contribution in [-0.4, -0.2) is 58.4 Å². The average molecular weight is 523 g/mol. The summed E-state index contributed by atoms with van der Waals surface area (Å²) < 4.78 is 40.4. The highest BCUT2D eigenvalue weighted by molar-refractivity contribution is 5.91. The zero-order valence-corrected chi connectivity index (χ0v) is 21.3. The summed E-state index contributed by atoms with van der Waals surface area (Å²) in [6.45, 7) is 7.12. The van der Waals surface area contributed by atoms with Crippen molar-refractivity contribution in [1.29, 1.82) is 0 Å². The highest BCUT2D eigenvalue weighted by Gasteiger charge is 2.35. The third-order valence-corrected chi connectivity index (χ3v) is 6.21. The molecule has 1 saturated heterocycles. The Kier molecular flexibility index (Phi) is 6.60. The maximum atomic E-state index is 14.2. The number of carbonyl (C=O) groups excluding carboxylic acids is 1. The Morgan fingerprint density at radius 3 is 2.71 bits per heavy atom. The Bertz CT molecular complexity index is 1440. The Hall–Kier alpha value is -4.28. The van der Waals surface area contributed by atoms with Gasteiger partial charge in [-0.25, -0.2) is 28.2 Å². The standard InChI is InChI=1S/C27H28F2N6O3/c1-27(2,3)38-26(36)34-12-18(13-34)16-4-6-20-23(10-16)37-9-8-17-14-35(33-24(17)20)25(31-15-30)32-22-7-5-19(28)11-21(22)29/h4-7,10-11,14-15,18H,8-9,12-13H2,1-3H3,(H2,30,31,32). The minimum Gasteiger partial charge on any atom is -0.493 e. The number of likely N-dealkylation sites (tertiary alicyclic amines) is 1. The second kappa shape index (κ2) is 9.88. The van der Waals surface area contributed by atoms with E-state index < -0.39 is 17.2 Å². The van der Waals surface area contributed by atoms with Crippen molar-refractivity contribution < 1.29 is 23.0 Å². The van der Waals surface area contributed by atoms with E-state index in [9.17, 15) is 13.6 Å². The van der Waals surface area contributed by atoms with Gasteiger partial charge in [-0.1, -0.05) is 6.07 Å². The quantitative estimate of drug-likeness (QED) is 0.390. The van der Waals surface area contributed by atoms with Crippen molar-refractivity contribution in [3.63, 3.8) is 0 Å². The molecule has 2 aliphatic rings. The summed E-state index contributed by atoms with van der Waals surface area (Å²) in [7, 11) is 0. The van der Waals surface area contributed by atoms with E-state index in [1.807, 2.05) is 39.0 Å². The summed E-state index contributed by atoms with van der Waals surface area (Å²) in [6, 6.07) is 9.03. The van der Waals surface area contributed by atoms with Crippen LogP contribution in [-0.2, 0) is 11.2 Å². The first-order valence-electron chi connectivity index (χ1n) is 12.2. The maximum Gasteiger partial charge on any atom is 0.410 e. The number of aliphatic imine (C=N–C) groups is 2. The molecule has 0 saturated carbocycles. The number of nitrogens with zero attached hydrogens (tertiary/aromatic N) is 5. The van der Waals surface area contributed by atoms with Gasteiger partial charge in [0, 0.05) is 48.8 Å². The van der Waals surface area contributed by atoms with Gasteiger partial charge < -0.3 is 20.1 Å². The minimum atomic E-state index is -0.823. The predicted octanol–water partition coefficient (Wildman–Crippen LogP) is 4.62. The zero-order valence-electron chi connectivity index (χ0n) is 21.3. The number of hydrogen-bond acceptors (Lipinski definition) is 5. The van der Waals surface area contributed by atoms with Crippen molar-refractivity contribution in [2.24, 2.45) is 15.7 Å². The summed E-state index contributed by atoms with van der Waals surface area (Å²) in [5.41, 5.74) is 8.33. The van der Waals surface area contributed by atoms with Gasteiger partial charge in [0.2, 0.25) is 0 Å². The van der Waals surface area contributed by atoms with E-state index in [0.717, 1.165) is 35.2 Å². The lowest BCUT2D eigenvalue weighted by molar-refractivity contribution is 0.00818. The number of ether oxygens (including phenoxy) is 2. The van der Waals surface area contributed by atoms with Crippen molar-refractivity contribution in [1.82, 2.24) is 14.7 Å². The number of halogens is 2. The monoisotopic (exact) mass is 522 g/mol. The molecule has 1 aromatic heterocycles. The smallest absolute Gasteiger partial charge is 0.410 e. The highest BCUT2D eigenvalue weighted by atomic mass is 19.1. The van der Waals surface area contributed by atoms with Crippen LogP contribution in [0.2, 0.25) is 0 Å². The average Bonchev–Trinajstić information content (AvgIpc) is 3.14. The lowest BCUT2D eigenvalue weighted by Crippen LogP contribution is -2.50. The summed E-state index contributed by atoms with van der Waals surface area (Å²) >= 11 is 0. The number of benzene rings is 2. The van der Waals surface area contributed by atoms with Crippen molar-refractivity contribution in [3.8, 4) is 17.0 Å². The van der Waals surface area contributed by atoms with E-state index in [4.69, 9.17) is 15.2 Å². The summed E-state index contributed by atoms with van der Waals surface area (Å²) in [5.74, 6) is -0.628. The molecular formula is C27H28F2N6O3. The molecule has 0 atom stereocenters. The van der Waals surface area contributed by atoms with E-state index in [0.29, 0.717) is 37.6 Å². The van der Waals surface area contributed by atoms with Gasteiger partial charge in [0.25, 0.3) is 5.96 Å². The summed E-state index contributed by atoms with van der Waals surface area (Å²) in [5, 5.41) is 4.66. The molecule has 3 aromatic rings. The van der Waals surface area contributed by atoms with Gasteiger partial charge in [0.15, 0.2) is 5.82 Å². The first kappa shape index (κ1) is 25.4. The van der Waals surface area contributed by atoms with E-state index >= 15 is 0 Å². The molecule has 3 heterocycles. The Balaban J connectivity index is 1.40. The lowest BCUT2D eigenvalue weighted by Gasteiger charge is -2.40. The van der Waals surface area contributed by atoms with Gasteiger partial charge in [-0.3, -0.25) is 0 Å². The molecule has 11 heteroatoms. The molecule has 198 valence electrons. The SMILES string of the molecule is CC(C)(C)OC(=O)N1CC(c2ccc3c(c2)OCCc2cn(C(N=CN)=Nc4ccc(F)cc4F)nc2-3)C1. The minimum absolute atomic E-state index is 0.0295. The van der Waals surface area contributed by atoms with Crippen LogP contribution in [0.4, 0.5) is 19.3 Å². The molecule has 1 amide bonds. The van der Waals surface area contributed by atoms with Crippen LogP contribution in [0.15, 0.2) is 52.6 Å². The second-order valence-corrected chi connectivity index (χ2v) is 10.2. The molecule has 0 aliphatic carbocycles. The van der Waals surface area contributed by atoms with E-state index in [1.165, 1.54) is 10.7 Å². The number of nitrogens with two attached hydrogens (primary N) is 1. The molecule has 38 heavy (non-hydrogen) atoms. The zero-order chi connectivity index (χ0) is 27.0. The Morgan fingerprint density at radius 1 is 1.21 bits per heavy atom. The fourth-order valence-corrected chi connectivity index (χ4v) is 4.35. The first-order valence-corrected chi connectivity index (χ1v) is 12.2. The van der Waals surface area contributed by atoms with Crippen LogP contribution in [0.1, 0.15) is 37.8 Å². The number of aromatic nitrogens is 2. The molecule has 2 N–H and O–H groups in total. The van der Waals surface area contributed by atoms with E-state index in [2.05, 4.69) is 15.1 Å². The van der Waals surface area contributed by atoms with E-state index in [1.54, 1.807) is 11.1 Å². The van der Waals surface area contributed by atoms with Gasteiger partial charge in [-0.15, -0.1) is 0 Å². The van der Waals surface area contributed by atoms with Crippen LogP contribution in [0.25, 0.3) is 11.3 Å². The molecule has 2 aliphatic heterocycles. The fourth-order valence-electron chi connectivity index (χ4n) is 4.35. The third-order valence-electron chi connectivity index (χ3n) is 6.21. The molecule has 2 aromatic carbocycles. The van der Waals surface area contributed by atoms with Crippen LogP contribution in [0.5, 0.6) is 5.75 Å². The van der Waals surface area contributed by atoms with E-state index in [-0.39, 0.29) is 23.7 Å². The number of amides is 1. The molecule has 9 nitrogen and oxygen atoms in total. The van der Waals surface area contributed by atoms with Crippen LogP contribution < -0.4 is 10.5 Å². The summed E-state index contributed by atoms with van der Waals surface area (Å²) in [6.07, 6.45) is 3.06. The van der Waals surface area contributed by atoms with Crippen LogP contribution in [0.3, 0.4) is 0 Å². The van der Waals surface area contributed by atoms with Crippen molar-refractivity contribution in [3.05, 3.63) is 65.4 Å². The number of fused-ring (bicyclic) bond motifs is 3. The van der Waals surface area contributed by atoms with Crippen molar-refractivity contribution >= 4 is 24.1 Å². The molecule has 1 fully saturated rings. The molecule has 0 unspecified atom stereocenters. The van der Waals surface area contributed by atoms with Gasteiger partial charge in [0.05, 0.1) is 18.6 Å². The van der Waals surface area contributed by atoms with Crippen molar-refractivity contribution in [2.45, 2.75) is 38.7 Å². The number of rotatable bonds is 2.